The van der Waals surface area contributed by atoms with Gasteiger partial charge in [-0.2, -0.15) is 5.10 Å². The van der Waals surface area contributed by atoms with Gasteiger partial charge in [0.25, 0.3) is 0 Å². The number of fused-ring (bicyclic) bond motifs is 1. The van der Waals surface area contributed by atoms with Crippen molar-refractivity contribution in [1.29, 1.82) is 0 Å². The molecule has 2 N–H and O–H groups in total. The van der Waals surface area contributed by atoms with Gasteiger partial charge in [0.05, 0.1) is 18.4 Å². The highest BCUT2D eigenvalue weighted by molar-refractivity contribution is 5.89. The van der Waals surface area contributed by atoms with Crippen LogP contribution in [-0.2, 0) is 6.54 Å². The molecule has 4 bridgehead atoms. The van der Waals surface area contributed by atoms with E-state index < -0.39 is 0 Å². The van der Waals surface area contributed by atoms with Crippen molar-refractivity contribution in [3.05, 3.63) is 60.4 Å². The molecule has 5 nitrogen and oxygen atoms in total. The van der Waals surface area contributed by atoms with Gasteiger partial charge in [0.1, 0.15) is 0 Å². The molecular weight excluding hydrogens is 372 g/mol. The van der Waals surface area contributed by atoms with Gasteiger partial charge in [0.2, 0.25) is 0 Å². The van der Waals surface area contributed by atoms with Crippen molar-refractivity contribution in [2.75, 3.05) is 5.32 Å². The molecule has 2 aromatic carbocycles. The molecule has 30 heavy (non-hydrogen) atoms. The summed E-state index contributed by atoms with van der Waals surface area (Å²) in [5, 5.41) is 13.3. The Morgan fingerprint density at radius 1 is 1.00 bits per heavy atom. The Kier molecular flexibility index (Phi) is 4.12. The third-order valence-electron chi connectivity index (χ3n) is 7.52. The summed E-state index contributed by atoms with van der Waals surface area (Å²) in [6.07, 6.45) is 11.3. The largest absolute Gasteiger partial charge is 0.332 e. The second-order valence-electron chi connectivity index (χ2n) is 9.84. The number of urea groups is 1. The van der Waals surface area contributed by atoms with E-state index in [-0.39, 0.29) is 11.6 Å². The number of anilines is 1. The third-order valence-corrected chi connectivity index (χ3v) is 7.52. The van der Waals surface area contributed by atoms with Crippen LogP contribution in [0.3, 0.4) is 0 Å². The molecule has 0 atom stereocenters. The van der Waals surface area contributed by atoms with E-state index in [1.807, 2.05) is 10.9 Å². The van der Waals surface area contributed by atoms with Crippen molar-refractivity contribution in [2.45, 2.75) is 50.6 Å². The van der Waals surface area contributed by atoms with Gasteiger partial charge in [0, 0.05) is 11.7 Å². The molecule has 0 aliphatic heterocycles. The Balaban J connectivity index is 1.13. The van der Waals surface area contributed by atoms with Gasteiger partial charge in [-0.1, -0.05) is 42.5 Å². The minimum atomic E-state index is -0.0818. The summed E-state index contributed by atoms with van der Waals surface area (Å²) in [6.45, 7) is 0.680. The fraction of sp³-hybridized carbons (Fsp3) is 0.440. The van der Waals surface area contributed by atoms with Gasteiger partial charge in [0.15, 0.2) is 0 Å². The van der Waals surface area contributed by atoms with Gasteiger partial charge < -0.3 is 10.6 Å². The molecule has 1 aromatic heterocycles. The second-order valence-corrected chi connectivity index (χ2v) is 9.84. The van der Waals surface area contributed by atoms with E-state index in [1.54, 1.807) is 6.20 Å². The normalized spacial score (nSPS) is 29.3. The lowest BCUT2D eigenvalue weighted by atomic mass is 9.53. The topological polar surface area (TPSA) is 59.0 Å². The standard InChI is InChI=1S/C25H28N4O/c30-24(28-25-11-17-8-18(12-25)10-19(9-17)13-25)27-22-14-26-29(16-22)15-21-6-3-5-20-4-1-2-7-23(20)21/h1-7,14,16-19H,8-13,15H2,(H2,27,28,30). The molecule has 154 valence electrons. The van der Waals surface area contributed by atoms with Crippen LogP contribution in [0.15, 0.2) is 54.9 Å². The molecule has 0 saturated heterocycles. The average Bonchev–Trinajstić information content (AvgIpc) is 3.13. The van der Waals surface area contributed by atoms with E-state index in [0.717, 1.165) is 42.7 Å². The fourth-order valence-corrected chi connectivity index (χ4v) is 6.79. The summed E-state index contributed by atoms with van der Waals surface area (Å²) in [6, 6.07) is 14.7. The number of nitrogens with zero attached hydrogens (tertiary/aromatic N) is 2. The quantitative estimate of drug-likeness (QED) is 0.634. The van der Waals surface area contributed by atoms with Crippen LogP contribution < -0.4 is 10.6 Å². The highest BCUT2D eigenvalue weighted by Crippen LogP contribution is 2.55. The van der Waals surface area contributed by atoms with Gasteiger partial charge in [-0.3, -0.25) is 4.68 Å². The van der Waals surface area contributed by atoms with E-state index in [1.165, 1.54) is 35.6 Å². The lowest BCUT2D eigenvalue weighted by Crippen LogP contribution is -2.60. The number of aromatic nitrogens is 2. The number of rotatable bonds is 4. The lowest BCUT2D eigenvalue weighted by molar-refractivity contribution is -0.0127. The Morgan fingerprint density at radius 2 is 1.70 bits per heavy atom. The van der Waals surface area contributed by atoms with Crippen LogP contribution in [0, 0.1) is 17.8 Å². The molecular formula is C25H28N4O. The van der Waals surface area contributed by atoms with Gasteiger partial charge in [-0.25, -0.2) is 4.79 Å². The summed E-state index contributed by atoms with van der Waals surface area (Å²) in [5.74, 6) is 2.46. The smallest absolute Gasteiger partial charge is 0.319 e. The van der Waals surface area contributed by atoms with Crippen LogP contribution in [0.1, 0.15) is 44.1 Å². The number of carbonyl (C=O) groups excluding carboxylic acids is 1. The first-order valence-corrected chi connectivity index (χ1v) is 11.2. The predicted molar refractivity (Wildman–Crippen MR) is 118 cm³/mol. The summed E-state index contributed by atoms with van der Waals surface area (Å²) >= 11 is 0. The number of hydrogen-bond acceptors (Lipinski definition) is 2. The van der Waals surface area contributed by atoms with Crippen molar-refractivity contribution < 1.29 is 4.79 Å². The molecule has 0 spiro atoms. The first kappa shape index (κ1) is 18.0. The Morgan fingerprint density at radius 3 is 2.47 bits per heavy atom. The average molecular weight is 401 g/mol. The molecule has 0 radical (unpaired) electrons. The van der Waals surface area contributed by atoms with Crippen molar-refractivity contribution in [1.82, 2.24) is 15.1 Å². The van der Waals surface area contributed by atoms with Crippen LogP contribution in [0.25, 0.3) is 10.8 Å². The van der Waals surface area contributed by atoms with Gasteiger partial charge in [-0.15, -0.1) is 0 Å². The number of hydrogen-bond donors (Lipinski definition) is 2. The molecule has 0 unspecified atom stereocenters. The first-order chi connectivity index (χ1) is 14.6. The molecule has 5 heteroatoms. The number of benzene rings is 2. The van der Waals surface area contributed by atoms with Crippen molar-refractivity contribution in [2.24, 2.45) is 17.8 Å². The van der Waals surface area contributed by atoms with Gasteiger partial charge >= 0.3 is 6.03 Å². The maximum absolute atomic E-state index is 12.8. The van der Waals surface area contributed by atoms with Crippen LogP contribution in [-0.4, -0.2) is 21.4 Å². The first-order valence-electron chi connectivity index (χ1n) is 11.2. The summed E-state index contributed by atoms with van der Waals surface area (Å²) < 4.78 is 1.89. The van der Waals surface area contributed by atoms with E-state index >= 15 is 0 Å². The van der Waals surface area contributed by atoms with Crippen molar-refractivity contribution >= 4 is 22.5 Å². The number of nitrogens with one attached hydrogen (secondary N) is 2. The summed E-state index contributed by atoms with van der Waals surface area (Å²) in [4.78, 5) is 12.8. The maximum Gasteiger partial charge on any atom is 0.319 e. The summed E-state index contributed by atoms with van der Waals surface area (Å²) in [5.41, 5.74) is 2.00. The molecule has 3 aromatic rings. The van der Waals surface area contributed by atoms with Crippen LogP contribution in [0.2, 0.25) is 0 Å². The van der Waals surface area contributed by atoms with E-state index in [4.69, 9.17) is 0 Å². The van der Waals surface area contributed by atoms with Crippen LogP contribution in [0.5, 0.6) is 0 Å². The maximum atomic E-state index is 12.8. The predicted octanol–water partition coefficient (Wildman–Crippen LogP) is 5.17. The second kappa shape index (κ2) is 6.86. The molecule has 2 amide bonds. The third kappa shape index (κ3) is 3.26. The minimum Gasteiger partial charge on any atom is -0.332 e. The highest BCUT2D eigenvalue weighted by atomic mass is 16.2. The monoisotopic (exact) mass is 400 g/mol. The lowest BCUT2D eigenvalue weighted by Gasteiger charge is -2.56. The molecule has 1 heterocycles. The molecule has 4 aliphatic rings. The molecule has 7 rings (SSSR count). The minimum absolute atomic E-state index is 0.0256. The van der Waals surface area contributed by atoms with Gasteiger partial charge in [-0.05, 0) is 72.6 Å². The zero-order valence-electron chi connectivity index (χ0n) is 17.2. The Hall–Kier alpha value is -2.82. The highest BCUT2D eigenvalue weighted by Gasteiger charge is 2.51. The van der Waals surface area contributed by atoms with E-state index in [2.05, 4.69) is 58.2 Å². The van der Waals surface area contributed by atoms with Crippen molar-refractivity contribution in [3.63, 3.8) is 0 Å². The Bertz CT molecular complexity index is 1060. The van der Waals surface area contributed by atoms with E-state index in [9.17, 15) is 4.79 Å². The zero-order valence-corrected chi connectivity index (χ0v) is 17.2. The zero-order chi connectivity index (χ0) is 20.1. The number of amides is 2. The Labute approximate surface area is 176 Å². The van der Waals surface area contributed by atoms with Crippen LogP contribution in [0.4, 0.5) is 10.5 Å². The van der Waals surface area contributed by atoms with E-state index in [0.29, 0.717) is 6.54 Å². The molecule has 4 aliphatic carbocycles. The SMILES string of the molecule is O=C(Nc1cnn(Cc2cccc3ccccc23)c1)NC12CC3CC(CC(C3)C1)C2. The fourth-order valence-electron chi connectivity index (χ4n) is 6.79. The summed E-state index contributed by atoms with van der Waals surface area (Å²) in [7, 11) is 0. The molecule has 4 saturated carbocycles. The van der Waals surface area contributed by atoms with Crippen LogP contribution >= 0.6 is 0 Å². The number of carbonyl (C=O) groups is 1. The van der Waals surface area contributed by atoms with Crippen molar-refractivity contribution in [3.8, 4) is 0 Å². The molecule has 4 fully saturated rings.